The van der Waals surface area contributed by atoms with E-state index in [-0.39, 0.29) is 13.2 Å². The summed E-state index contributed by atoms with van der Waals surface area (Å²) < 4.78 is 42.4. The van der Waals surface area contributed by atoms with Gasteiger partial charge in [-0.15, -0.1) is 0 Å². The maximum Gasteiger partial charge on any atom is 0.344 e. The monoisotopic (exact) mass is 425 g/mol. The molecule has 0 aliphatic heterocycles. The van der Waals surface area contributed by atoms with Crippen molar-refractivity contribution < 1.29 is 27.5 Å². The Morgan fingerprint density at radius 3 is 2.39 bits per heavy atom. The van der Waals surface area contributed by atoms with Crippen molar-refractivity contribution in [2.75, 3.05) is 13.7 Å². The quantitative estimate of drug-likeness (QED) is 0.374. The molecule has 0 atom stereocenters. The first kappa shape index (κ1) is 20.3. The molecular weight excluding hydrogens is 408 g/mol. The van der Waals surface area contributed by atoms with E-state index in [9.17, 15) is 18.4 Å². The van der Waals surface area contributed by atoms with E-state index in [1.54, 1.807) is 30.3 Å². The molecule has 0 radical (unpaired) electrons. The average Bonchev–Trinajstić information content (AvgIpc) is 2.75. The van der Waals surface area contributed by atoms with Crippen molar-refractivity contribution in [3.8, 4) is 11.5 Å². The number of nitrogens with one attached hydrogen (secondary N) is 1. The Morgan fingerprint density at radius 1 is 0.935 bits per heavy atom. The summed E-state index contributed by atoms with van der Waals surface area (Å²) in [6.45, 7) is -0.364. The minimum atomic E-state index is -0.718. The summed E-state index contributed by atoms with van der Waals surface area (Å²) in [5, 5.41) is 4.34. The van der Waals surface area contributed by atoms with E-state index in [4.69, 9.17) is 13.9 Å². The van der Waals surface area contributed by atoms with Crippen LogP contribution < -0.4 is 20.4 Å². The van der Waals surface area contributed by atoms with Gasteiger partial charge in [0.05, 0.1) is 12.5 Å². The molecule has 4 rings (SSSR count). The van der Waals surface area contributed by atoms with Crippen molar-refractivity contribution in [2.24, 2.45) is 0 Å². The molecule has 1 amide bonds. The Morgan fingerprint density at radius 2 is 1.65 bits per heavy atom. The Labute approximate surface area is 175 Å². The molecule has 8 heteroatoms. The van der Waals surface area contributed by atoms with Crippen molar-refractivity contribution in [1.82, 2.24) is 5.32 Å². The van der Waals surface area contributed by atoms with Gasteiger partial charge in [0.15, 0.2) is 6.61 Å². The standard InChI is InChI=1S/C23H17F2NO5/c1-29-16-2-4-18-19-5-3-17(10-21(19)31-23(28)20(18)9-16)30-12-22(27)26-11-13-6-14(24)8-15(25)7-13/h2-10H,11-12H2,1H3,(H,26,27). The maximum atomic E-state index is 13.2. The zero-order chi connectivity index (χ0) is 22.0. The minimum Gasteiger partial charge on any atom is -0.497 e. The van der Waals surface area contributed by atoms with E-state index in [0.717, 1.165) is 18.2 Å². The highest BCUT2D eigenvalue weighted by atomic mass is 19.1. The van der Waals surface area contributed by atoms with Crippen LogP contribution in [0.25, 0.3) is 21.7 Å². The number of methoxy groups -OCH3 is 1. The van der Waals surface area contributed by atoms with Gasteiger partial charge in [-0.05, 0) is 48.0 Å². The van der Waals surface area contributed by atoms with Crippen LogP contribution in [0.15, 0.2) is 63.8 Å². The number of fused-ring (bicyclic) bond motifs is 3. The SMILES string of the molecule is COc1ccc2c(c1)c(=O)oc1cc(OCC(=O)NCc3cc(F)cc(F)c3)ccc12. The summed E-state index contributed by atoms with van der Waals surface area (Å²) in [7, 11) is 1.51. The van der Waals surface area contributed by atoms with E-state index < -0.39 is 23.2 Å². The topological polar surface area (TPSA) is 77.8 Å². The van der Waals surface area contributed by atoms with Gasteiger partial charge in [0, 0.05) is 29.4 Å². The summed E-state index contributed by atoms with van der Waals surface area (Å²) in [5.41, 5.74) is 0.0938. The molecule has 158 valence electrons. The second kappa shape index (κ2) is 8.43. The summed E-state index contributed by atoms with van der Waals surface area (Å²) in [6, 6.07) is 13.1. The summed E-state index contributed by atoms with van der Waals surface area (Å²) >= 11 is 0. The predicted octanol–water partition coefficient (Wildman–Crippen LogP) is 3.93. The number of amides is 1. The number of halogens is 2. The summed E-state index contributed by atoms with van der Waals surface area (Å²) in [4.78, 5) is 24.3. The molecule has 31 heavy (non-hydrogen) atoms. The highest BCUT2D eigenvalue weighted by Crippen LogP contribution is 2.28. The number of carbonyl (C=O) groups is 1. The molecule has 4 aromatic rings. The van der Waals surface area contributed by atoms with Crippen LogP contribution in [0.1, 0.15) is 5.56 Å². The van der Waals surface area contributed by atoms with Crippen LogP contribution in [0, 0.1) is 11.6 Å². The third-order valence-electron chi connectivity index (χ3n) is 4.67. The van der Waals surface area contributed by atoms with Gasteiger partial charge in [0.2, 0.25) is 0 Å². The highest BCUT2D eigenvalue weighted by molar-refractivity contribution is 6.04. The van der Waals surface area contributed by atoms with Gasteiger partial charge in [-0.25, -0.2) is 13.6 Å². The lowest BCUT2D eigenvalue weighted by molar-refractivity contribution is -0.123. The van der Waals surface area contributed by atoms with Crippen LogP contribution >= 0.6 is 0 Å². The van der Waals surface area contributed by atoms with Crippen LogP contribution in [-0.4, -0.2) is 19.6 Å². The molecule has 0 spiro atoms. The second-order valence-electron chi connectivity index (χ2n) is 6.80. The van der Waals surface area contributed by atoms with Gasteiger partial charge in [0.25, 0.3) is 5.91 Å². The van der Waals surface area contributed by atoms with Crippen LogP contribution in [0.2, 0.25) is 0 Å². The highest BCUT2D eigenvalue weighted by Gasteiger charge is 2.11. The summed E-state index contributed by atoms with van der Waals surface area (Å²) in [6.07, 6.45) is 0. The smallest absolute Gasteiger partial charge is 0.344 e. The lowest BCUT2D eigenvalue weighted by Gasteiger charge is -2.09. The van der Waals surface area contributed by atoms with Crippen molar-refractivity contribution in [3.05, 3.63) is 82.2 Å². The normalized spacial score (nSPS) is 10.9. The molecular formula is C23H17F2NO5. The van der Waals surface area contributed by atoms with E-state index in [1.165, 1.54) is 13.2 Å². The van der Waals surface area contributed by atoms with E-state index >= 15 is 0 Å². The van der Waals surface area contributed by atoms with Gasteiger partial charge in [-0.3, -0.25) is 4.79 Å². The first-order chi connectivity index (χ1) is 14.9. The Kier molecular flexibility index (Phi) is 5.53. The summed E-state index contributed by atoms with van der Waals surface area (Å²) in [5.74, 6) is -1.04. The first-order valence-electron chi connectivity index (χ1n) is 9.32. The second-order valence-corrected chi connectivity index (χ2v) is 6.80. The zero-order valence-corrected chi connectivity index (χ0v) is 16.4. The first-order valence-corrected chi connectivity index (χ1v) is 9.32. The number of hydrogen-bond donors (Lipinski definition) is 1. The minimum absolute atomic E-state index is 0.0427. The largest absolute Gasteiger partial charge is 0.497 e. The molecule has 3 aromatic carbocycles. The maximum absolute atomic E-state index is 13.2. The average molecular weight is 425 g/mol. The lowest BCUT2D eigenvalue weighted by Crippen LogP contribution is -2.28. The van der Waals surface area contributed by atoms with Gasteiger partial charge < -0.3 is 19.2 Å². The van der Waals surface area contributed by atoms with Crippen LogP contribution in [0.4, 0.5) is 8.78 Å². The number of ether oxygens (including phenoxy) is 2. The Balaban J connectivity index is 1.46. The molecule has 0 unspecified atom stereocenters. The number of rotatable bonds is 6. The van der Waals surface area contributed by atoms with E-state index in [1.807, 2.05) is 0 Å². The fourth-order valence-corrected chi connectivity index (χ4v) is 3.22. The molecule has 0 fully saturated rings. The van der Waals surface area contributed by atoms with Crippen molar-refractivity contribution >= 4 is 27.6 Å². The molecule has 0 aliphatic carbocycles. The predicted molar refractivity (Wildman–Crippen MR) is 110 cm³/mol. The van der Waals surface area contributed by atoms with Crippen LogP contribution in [0.3, 0.4) is 0 Å². The van der Waals surface area contributed by atoms with Gasteiger partial charge in [-0.1, -0.05) is 0 Å². The Hall–Kier alpha value is -3.94. The van der Waals surface area contributed by atoms with Crippen molar-refractivity contribution in [1.29, 1.82) is 0 Å². The number of benzene rings is 3. The van der Waals surface area contributed by atoms with Crippen LogP contribution in [0.5, 0.6) is 11.5 Å². The molecule has 0 saturated heterocycles. The van der Waals surface area contributed by atoms with Crippen molar-refractivity contribution in [3.63, 3.8) is 0 Å². The third kappa shape index (κ3) is 4.48. The van der Waals surface area contributed by atoms with E-state index in [2.05, 4.69) is 5.32 Å². The Bertz CT molecular complexity index is 1330. The van der Waals surface area contributed by atoms with Gasteiger partial charge in [-0.2, -0.15) is 0 Å². The van der Waals surface area contributed by atoms with Crippen molar-refractivity contribution in [2.45, 2.75) is 6.54 Å². The van der Waals surface area contributed by atoms with Gasteiger partial charge >= 0.3 is 5.63 Å². The molecule has 0 aliphatic rings. The van der Waals surface area contributed by atoms with E-state index in [0.29, 0.717) is 38.8 Å². The lowest BCUT2D eigenvalue weighted by atomic mass is 10.1. The number of hydrogen-bond acceptors (Lipinski definition) is 5. The fourth-order valence-electron chi connectivity index (χ4n) is 3.22. The van der Waals surface area contributed by atoms with Crippen LogP contribution in [-0.2, 0) is 11.3 Å². The molecule has 0 bridgehead atoms. The number of carbonyl (C=O) groups excluding carboxylic acids is 1. The molecule has 0 saturated carbocycles. The molecule has 1 N–H and O–H groups in total. The third-order valence-corrected chi connectivity index (χ3v) is 4.67. The van der Waals surface area contributed by atoms with Gasteiger partial charge in [0.1, 0.15) is 28.7 Å². The zero-order valence-electron chi connectivity index (χ0n) is 16.4. The molecule has 1 aromatic heterocycles. The fraction of sp³-hybridized carbons (Fsp3) is 0.130. The molecule has 6 nitrogen and oxygen atoms in total. The molecule has 1 heterocycles.